The van der Waals surface area contributed by atoms with E-state index < -0.39 is 11.2 Å². The molecule has 1 saturated heterocycles. The maximum Gasteiger partial charge on any atom is 0.445 e. The number of alkyl halides is 3. The Morgan fingerprint density at radius 1 is 1.44 bits per heavy atom. The smallest absolute Gasteiger partial charge is 0.326 e. The Morgan fingerprint density at radius 2 is 2.12 bits per heavy atom. The lowest BCUT2D eigenvalue weighted by atomic mass is 10.3. The van der Waals surface area contributed by atoms with E-state index in [9.17, 15) is 18.0 Å². The standard InChI is InChI=1S/C7H7F3N4OS/c8-7(9,10)5-12-13-6(16-5)14-2-3(11)1-4(14)15/h3H,1-2,11H2. The van der Waals surface area contributed by atoms with Gasteiger partial charge >= 0.3 is 6.18 Å². The van der Waals surface area contributed by atoms with Crippen molar-refractivity contribution in [2.75, 3.05) is 11.4 Å². The molecule has 0 bridgehead atoms. The van der Waals surface area contributed by atoms with E-state index in [2.05, 4.69) is 10.2 Å². The summed E-state index contributed by atoms with van der Waals surface area (Å²) in [6, 6.07) is -0.356. The summed E-state index contributed by atoms with van der Waals surface area (Å²) in [7, 11) is 0. The van der Waals surface area contributed by atoms with Crippen LogP contribution in [0.25, 0.3) is 0 Å². The lowest BCUT2D eigenvalue weighted by molar-refractivity contribution is -0.138. The molecule has 1 amide bonds. The molecule has 0 radical (unpaired) electrons. The van der Waals surface area contributed by atoms with E-state index in [1.807, 2.05) is 0 Å². The molecule has 2 heterocycles. The number of hydrogen-bond donors (Lipinski definition) is 1. The van der Waals surface area contributed by atoms with Crippen molar-refractivity contribution in [2.24, 2.45) is 5.73 Å². The van der Waals surface area contributed by atoms with E-state index in [-0.39, 0.29) is 30.0 Å². The van der Waals surface area contributed by atoms with Gasteiger partial charge in [0.1, 0.15) is 0 Å². The van der Waals surface area contributed by atoms with Crippen LogP contribution >= 0.6 is 11.3 Å². The highest BCUT2D eigenvalue weighted by atomic mass is 32.1. The van der Waals surface area contributed by atoms with E-state index in [0.717, 1.165) is 4.90 Å². The van der Waals surface area contributed by atoms with Gasteiger partial charge in [-0.05, 0) is 0 Å². The minimum Gasteiger partial charge on any atom is -0.326 e. The molecule has 5 nitrogen and oxygen atoms in total. The molecule has 1 aliphatic rings. The third-order valence-corrected chi connectivity index (χ3v) is 3.03. The molecule has 1 aliphatic heterocycles. The molecule has 9 heteroatoms. The maximum atomic E-state index is 12.2. The topological polar surface area (TPSA) is 72.1 Å². The van der Waals surface area contributed by atoms with Crippen LogP contribution in [-0.2, 0) is 11.0 Å². The van der Waals surface area contributed by atoms with Gasteiger partial charge in [0.05, 0.1) is 0 Å². The first-order chi connectivity index (χ1) is 7.38. The largest absolute Gasteiger partial charge is 0.445 e. The predicted molar refractivity (Wildman–Crippen MR) is 49.9 cm³/mol. The van der Waals surface area contributed by atoms with Crippen molar-refractivity contribution in [2.45, 2.75) is 18.6 Å². The van der Waals surface area contributed by atoms with Crippen molar-refractivity contribution >= 4 is 22.4 Å². The van der Waals surface area contributed by atoms with Crippen LogP contribution in [0.3, 0.4) is 0 Å². The van der Waals surface area contributed by atoms with Crippen LogP contribution in [0.1, 0.15) is 11.4 Å². The Balaban J connectivity index is 2.23. The summed E-state index contributed by atoms with van der Waals surface area (Å²) in [6.45, 7) is 0.186. The predicted octanol–water partition coefficient (Wildman–Crippen LogP) is 0.621. The van der Waals surface area contributed by atoms with Crippen LogP contribution in [0, 0.1) is 0 Å². The summed E-state index contributed by atoms with van der Waals surface area (Å²) in [5.41, 5.74) is 5.52. The second-order valence-corrected chi connectivity index (χ2v) is 4.31. The van der Waals surface area contributed by atoms with Gasteiger partial charge < -0.3 is 5.73 Å². The van der Waals surface area contributed by atoms with E-state index in [1.165, 1.54) is 0 Å². The van der Waals surface area contributed by atoms with Crippen molar-refractivity contribution in [3.05, 3.63) is 5.01 Å². The number of aromatic nitrogens is 2. The van der Waals surface area contributed by atoms with Gasteiger partial charge in [-0.25, -0.2) is 0 Å². The summed E-state index contributed by atoms with van der Waals surface area (Å²) in [5.74, 6) is -0.322. The minimum atomic E-state index is -4.53. The van der Waals surface area contributed by atoms with Crippen LogP contribution < -0.4 is 10.6 Å². The summed E-state index contributed by atoms with van der Waals surface area (Å²) < 4.78 is 36.7. The van der Waals surface area contributed by atoms with Crippen molar-refractivity contribution < 1.29 is 18.0 Å². The normalized spacial score (nSPS) is 21.9. The zero-order valence-electron chi connectivity index (χ0n) is 7.86. The SMILES string of the molecule is NC1CC(=O)N(c2nnc(C(F)(F)F)s2)C1. The molecule has 1 fully saturated rings. The fourth-order valence-electron chi connectivity index (χ4n) is 1.36. The first-order valence-corrected chi connectivity index (χ1v) is 5.16. The van der Waals surface area contributed by atoms with E-state index in [4.69, 9.17) is 5.73 Å². The number of rotatable bonds is 1. The number of halogens is 3. The van der Waals surface area contributed by atoms with Gasteiger partial charge in [0, 0.05) is 19.0 Å². The van der Waals surface area contributed by atoms with E-state index >= 15 is 0 Å². The molecule has 88 valence electrons. The average Bonchev–Trinajstić information content (AvgIpc) is 2.70. The second kappa shape index (κ2) is 3.67. The van der Waals surface area contributed by atoms with E-state index in [0.29, 0.717) is 11.3 Å². The van der Waals surface area contributed by atoms with Crippen molar-refractivity contribution in [3.63, 3.8) is 0 Å². The van der Waals surface area contributed by atoms with Gasteiger partial charge in [0.2, 0.25) is 16.0 Å². The first-order valence-electron chi connectivity index (χ1n) is 4.34. The van der Waals surface area contributed by atoms with Gasteiger partial charge in [-0.3, -0.25) is 9.69 Å². The highest BCUT2D eigenvalue weighted by Gasteiger charge is 2.38. The lowest BCUT2D eigenvalue weighted by Gasteiger charge is -2.10. The second-order valence-electron chi connectivity index (χ2n) is 3.36. The van der Waals surface area contributed by atoms with Crippen molar-refractivity contribution in [1.29, 1.82) is 0 Å². The number of amides is 1. The molecular formula is C7H7F3N4OS. The van der Waals surface area contributed by atoms with Crippen LogP contribution in [0.4, 0.5) is 18.3 Å². The molecule has 16 heavy (non-hydrogen) atoms. The minimum absolute atomic E-state index is 0.0507. The van der Waals surface area contributed by atoms with E-state index in [1.54, 1.807) is 0 Å². The van der Waals surface area contributed by atoms with Gasteiger partial charge in [0.15, 0.2) is 0 Å². The van der Waals surface area contributed by atoms with Crippen LogP contribution in [0.5, 0.6) is 0 Å². The van der Waals surface area contributed by atoms with Crippen molar-refractivity contribution in [3.8, 4) is 0 Å². The molecule has 1 atom stereocenters. The number of nitrogens with zero attached hydrogens (tertiary/aromatic N) is 3. The van der Waals surface area contributed by atoms with Crippen molar-refractivity contribution in [1.82, 2.24) is 10.2 Å². The summed E-state index contributed by atoms with van der Waals surface area (Å²) in [6.07, 6.45) is -4.40. The third kappa shape index (κ3) is 2.00. The lowest BCUT2D eigenvalue weighted by Crippen LogP contribution is -2.27. The van der Waals surface area contributed by atoms with Gasteiger partial charge in [-0.2, -0.15) is 13.2 Å². The Morgan fingerprint density at radius 3 is 2.56 bits per heavy atom. The first kappa shape index (κ1) is 11.3. The summed E-state index contributed by atoms with van der Waals surface area (Å²) in [5, 5.41) is 5.24. The zero-order chi connectivity index (χ0) is 11.9. The van der Waals surface area contributed by atoms with Gasteiger partial charge in [-0.1, -0.05) is 11.3 Å². The molecule has 0 aromatic carbocycles. The summed E-state index contributed by atoms with van der Waals surface area (Å²) in [4.78, 5) is 12.5. The van der Waals surface area contributed by atoms with Gasteiger partial charge in [0.25, 0.3) is 0 Å². The number of carbonyl (C=O) groups excluding carboxylic acids is 1. The molecule has 2 N–H and O–H groups in total. The number of anilines is 1. The summed E-state index contributed by atoms with van der Waals surface area (Å²) >= 11 is 0.345. The van der Waals surface area contributed by atoms with Crippen LogP contribution in [-0.4, -0.2) is 28.7 Å². The number of carbonyl (C=O) groups is 1. The zero-order valence-corrected chi connectivity index (χ0v) is 8.68. The third-order valence-electron chi connectivity index (χ3n) is 2.04. The Hall–Kier alpha value is -1.22. The molecule has 1 aromatic heterocycles. The molecule has 0 aliphatic carbocycles. The molecule has 1 unspecified atom stereocenters. The molecule has 1 aromatic rings. The van der Waals surface area contributed by atoms with Gasteiger partial charge in [-0.15, -0.1) is 10.2 Å². The molecule has 0 spiro atoms. The molecule has 2 rings (SSSR count). The Kier molecular flexibility index (Phi) is 2.58. The average molecular weight is 252 g/mol. The van der Waals surface area contributed by atoms with Crippen LogP contribution in [0.2, 0.25) is 0 Å². The maximum absolute atomic E-state index is 12.2. The molecule has 0 saturated carbocycles. The quantitative estimate of drug-likeness (QED) is 0.795. The fraction of sp³-hybridized carbons (Fsp3) is 0.571. The highest BCUT2D eigenvalue weighted by Crippen LogP contribution is 2.35. The number of hydrogen-bond acceptors (Lipinski definition) is 5. The van der Waals surface area contributed by atoms with Crippen LogP contribution in [0.15, 0.2) is 0 Å². The fourth-order valence-corrected chi connectivity index (χ4v) is 2.10. The molecular weight excluding hydrogens is 245 g/mol. The highest BCUT2D eigenvalue weighted by molar-refractivity contribution is 7.15. The Bertz CT molecular complexity index is 418. The monoisotopic (exact) mass is 252 g/mol. The Labute approximate surface area is 92.1 Å². The number of nitrogens with two attached hydrogens (primary N) is 1.